The number of aryl methyl sites for hydroxylation is 1. The highest BCUT2D eigenvalue weighted by Crippen LogP contribution is 2.30. The molecule has 0 radical (unpaired) electrons. The van der Waals surface area contributed by atoms with Gasteiger partial charge >= 0.3 is 0 Å². The molecular weight excluding hydrogens is 347 g/mol. The Morgan fingerprint density at radius 1 is 1.36 bits per heavy atom. The van der Waals surface area contributed by atoms with Crippen LogP contribution < -0.4 is 15.2 Å². The Kier molecular flexibility index (Phi) is 8.72. The highest BCUT2D eigenvalue weighted by atomic mass is 35.5. The molecule has 0 aliphatic rings. The normalized spacial score (nSPS) is 12.9. The average molecular weight is 371 g/mol. The van der Waals surface area contributed by atoms with E-state index in [-0.39, 0.29) is 34.9 Å². The number of sulfonamides is 1. The van der Waals surface area contributed by atoms with Gasteiger partial charge in [0.25, 0.3) is 0 Å². The third-order valence-corrected chi connectivity index (χ3v) is 5.06. The summed E-state index contributed by atoms with van der Waals surface area (Å²) in [6, 6.07) is 2.72. The molecule has 22 heavy (non-hydrogen) atoms. The zero-order valence-corrected chi connectivity index (χ0v) is 15.6. The van der Waals surface area contributed by atoms with Crippen LogP contribution in [0.2, 0.25) is 5.02 Å². The molecule has 0 heterocycles. The van der Waals surface area contributed by atoms with Gasteiger partial charge in [-0.3, -0.25) is 0 Å². The van der Waals surface area contributed by atoms with Crippen molar-refractivity contribution in [1.29, 1.82) is 0 Å². The number of nitrogens with two attached hydrogens (primary N) is 1. The number of hydrogen-bond acceptors (Lipinski definition) is 4. The fraction of sp³-hybridized carbons (Fsp3) is 0.571. The second-order valence-electron chi connectivity index (χ2n) is 5.44. The highest BCUT2D eigenvalue weighted by Gasteiger charge is 2.23. The van der Waals surface area contributed by atoms with Crippen molar-refractivity contribution in [3.05, 3.63) is 22.7 Å². The minimum atomic E-state index is -3.67. The van der Waals surface area contributed by atoms with Crippen molar-refractivity contribution < 1.29 is 13.2 Å². The molecule has 1 aromatic rings. The fourth-order valence-corrected chi connectivity index (χ4v) is 3.95. The first-order valence-electron chi connectivity index (χ1n) is 6.77. The van der Waals surface area contributed by atoms with Crippen LogP contribution in [0.25, 0.3) is 0 Å². The van der Waals surface area contributed by atoms with Gasteiger partial charge in [-0.25, -0.2) is 13.1 Å². The minimum Gasteiger partial charge on any atom is -0.495 e. The average Bonchev–Trinajstić information content (AvgIpc) is 2.39. The Balaban J connectivity index is 0.00000441. The summed E-state index contributed by atoms with van der Waals surface area (Å²) in [6.45, 7) is 5.99. The largest absolute Gasteiger partial charge is 0.495 e. The lowest BCUT2D eigenvalue weighted by Gasteiger charge is -2.20. The van der Waals surface area contributed by atoms with E-state index in [0.29, 0.717) is 23.7 Å². The standard InChI is InChI=1S/C14H23ClN2O3S.ClH/c1-9(2)5-11(8-16)17-21(18,19)14-7-12(15)13(20-4)6-10(14)3;/h6-7,9,11,17H,5,8,16H2,1-4H3;1H. The number of hydrogen-bond donors (Lipinski definition) is 2. The van der Waals surface area contributed by atoms with Crippen LogP contribution in [0.5, 0.6) is 5.75 Å². The molecule has 0 saturated carbocycles. The number of rotatable bonds is 7. The first-order chi connectivity index (χ1) is 9.71. The predicted octanol–water partition coefficient (Wildman–Crippen LogP) is 2.73. The predicted molar refractivity (Wildman–Crippen MR) is 92.6 cm³/mol. The molecule has 3 N–H and O–H groups in total. The van der Waals surface area contributed by atoms with Crippen LogP contribution in [0.15, 0.2) is 17.0 Å². The van der Waals surface area contributed by atoms with Crippen LogP contribution in [-0.4, -0.2) is 28.1 Å². The zero-order valence-electron chi connectivity index (χ0n) is 13.2. The summed E-state index contributed by atoms with van der Waals surface area (Å²) in [7, 11) is -2.18. The summed E-state index contributed by atoms with van der Waals surface area (Å²) < 4.78 is 32.7. The van der Waals surface area contributed by atoms with Crippen LogP contribution in [0.3, 0.4) is 0 Å². The SMILES string of the molecule is COc1cc(C)c(S(=O)(=O)NC(CN)CC(C)C)cc1Cl.Cl. The number of methoxy groups -OCH3 is 1. The molecule has 1 atom stereocenters. The first kappa shape index (κ1) is 21.5. The van der Waals surface area contributed by atoms with Gasteiger partial charge in [0.2, 0.25) is 10.0 Å². The molecule has 5 nitrogen and oxygen atoms in total. The van der Waals surface area contributed by atoms with Crippen molar-refractivity contribution >= 4 is 34.0 Å². The van der Waals surface area contributed by atoms with E-state index >= 15 is 0 Å². The van der Waals surface area contributed by atoms with Crippen molar-refractivity contribution in [2.75, 3.05) is 13.7 Å². The van der Waals surface area contributed by atoms with E-state index in [1.807, 2.05) is 13.8 Å². The third-order valence-electron chi connectivity index (χ3n) is 3.10. The third kappa shape index (κ3) is 5.59. The molecule has 1 rings (SSSR count). The van der Waals surface area contributed by atoms with Crippen molar-refractivity contribution in [3.63, 3.8) is 0 Å². The first-order valence-corrected chi connectivity index (χ1v) is 8.64. The second-order valence-corrected chi connectivity index (χ2v) is 7.53. The molecule has 128 valence electrons. The van der Waals surface area contributed by atoms with E-state index in [1.54, 1.807) is 13.0 Å². The van der Waals surface area contributed by atoms with Crippen LogP contribution in [0.4, 0.5) is 0 Å². The lowest BCUT2D eigenvalue weighted by atomic mass is 10.1. The molecule has 0 bridgehead atoms. The lowest BCUT2D eigenvalue weighted by Crippen LogP contribution is -2.41. The Hall–Kier alpha value is -0.530. The van der Waals surface area contributed by atoms with Crippen molar-refractivity contribution in [3.8, 4) is 5.75 Å². The van der Waals surface area contributed by atoms with Gasteiger partial charge in [0.15, 0.2) is 0 Å². The van der Waals surface area contributed by atoms with Gasteiger partial charge in [0.1, 0.15) is 5.75 Å². The maximum atomic E-state index is 12.5. The van der Waals surface area contributed by atoms with Gasteiger partial charge in [0, 0.05) is 12.6 Å². The van der Waals surface area contributed by atoms with E-state index in [9.17, 15) is 8.42 Å². The number of ether oxygens (including phenoxy) is 1. The number of halogens is 2. The van der Waals surface area contributed by atoms with Crippen LogP contribution in [-0.2, 0) is 10.0 Å². The minimum absolute atomic E-state index is 0. The molecule has 8 heteroatoms. The van der Waals surface area contributed by atoms with Crippen LogP contribution in [0, 0.1) is 12.8 Å². The topological polar surface area (TPSA) is 81.4 Å². The van der Waals surface area contributed by atoms with Crippen molar-refractivity contribution in [2.24, 2.45) is 11.7 Å². The van der Waals surface area contributed by atoms with E-state index in [0.717, 1.165) is 0 Å². The molecule has 1 unspecified atom stereocenters. The number of benzene rings is 1. The Morgan fingerprint density at radius 2 is 1.95 bits per heavy atom. The van der Waals surface area contributed by atoms with Gasteiger partial charge in [-0.15, -0.1) is 12.4 Å². The molecule has 0 spiro atoms. The monoisotopic (exact) mass is 370 g/mol. The van der Waals surface area contributed by atoms with Gasteiger partial charge in [-0.05, 0) is 37.0 Å². The molecule has 0 saturated heterocycles. The molecule has 0 aliphatic heterocycles. The zero-order chi connectivity index (χ0) is 16.2. The molecule has 1 aromatic carbocycles. The van der Waals surface area contributed by atoms with E-state index in [2.05, 4.69) is 4.72 Å². The highest BCUT2D eigenvalue weighted by molar-refractivity contribution is 7.89. The van der Waals surface area contributed by atoms with E-state index in [4.69, 9.17) is 22.1 Å². The molecular formula is C14H24Cl2N2O3S. The summed E-state index contributed by atoms with van der Waals surface area (Å²) >= 11 is 6.02. The number of nitrogens with one attached hydrogen (secondary N) is 1. The van der Waals surface area contributed by atoms with Crippen molar-refractivity contribution in [2.45, 2.75) is 38.1 Å². The quantitative estimate of drug-likeness (QED) is 0.772. The van der Waals surface area contributed by atoms with E-state index in [1.165, 1.54) is 13.2 Å². The summed E-state index contributed by atoms with van der Waals surface area (Å²) in [5.41, 5.74) is 6.22. The molecule has 0 aliphatic carbocycles. The second kappa shape index (κ2) is 8.93. The Morgan fingerprint density at radius 3 is 2.41 bits per heavy atom. The Labute approximate surface area is 144 Å². The smallest absolute Gasteiger partial charge is 0.241 e. The van der Waals surface area contributed by atoms with Gasteiger partial charge < -0.3 is 10.5 Å². The Bertz CT molecular complexity index is 592. The summed E-state index contributed by atoms with van der Waals surface area (Å²) in [4.78, 5) is 0.149. The summed E-state index contributed by atoms with van der Waals surface area (Å²) in [5, 5.41) is 0.261. The maximum Gasteiger partial charge on any atom is 0.241 e. The maximum absolute atomic E-state index is 12.5. The molecule has 0 amide bonds. The summed E-state index contributed by atoms with van der Waals surface area (Å²) in [5.74, 6) is 0.799. The van der Waals surface area contributed by atoms with Gasteiger partial charge in [-0.2, -0.15) is 0 Å². The molecule has 0 fully saturated rings. The lowest BCUT2D eigenvalue weighted by molar-refractivity contribution is 0.414. The van der Waals surface area contributed by atoms with Crippen LogP contribution in [0.1, 0.15) is 25.8 Å². The fourth-order valence-electron chi connectivity index (χ4n) is 2.13. The van der Waals surface area contributed by atoms with Gasteiger partial charge in [-0.1, -0.05) is 25.4 Å². The molecule has 0 aromatic heterocycles. The van der Waals surface area contributed by atoms with E-state index < -0.39 is 10.0 Å². The summed E-state index contributed by atoms with van der Waals surface area (Å²) in [6.07, 6.45) is 0.679. The van der Waals surface area contributed by atoms with Crippen LogP contribution >= 0.6 is 24.0 Å². The van der Waals surface area contributed by atoms with Gasteiger partial charge in [0.05, 0.1) is 17.0 Å². The van der Waals surface area contributed by atoms with Crippen molar-refractivity contribution in [1.82, 2.24) is 4.72 Å².